The van der Waals surface area contributed by atoms with E-state index in [4.69, 9.17) is 25.7 Å². The van der Waals surface area contributed by atoms with E-state index in [0.717, 1.165) is 44.5 Å². The number of nitrogens with two attached hydrogens (primary N) is 2. The summed E-state index contributed by atoms with van der Waals surface area (Å²) in [6.07, 6.45) is 0.883. The van der Waals surface area contributed by atoms with Crippen molar-refractivity contribution in [2.75, 3.05) is 26.3 Å². The average Bonchev–Trinajstić information content (AvgIpc) is 3.67. The van der Waals surface area contributed by atoms with Crippen LogP contribution in [0.3, 0.4) is 0 Å². The molecule has 276 valence electrons. The van der Waals surface area contributed by atoms with Gasteiger partial charge in [0.25, 0.3) is 0 Å². The molecule has 4 aromatic carbocycles. The van der Waals surface area contributed by atoms with Gasteiger partial charge < -0.3 is 36.3 Å². The van der Waals surface area contributed by atoms with Gasteiger partial charge in [-0.05, 0) is 96.1 Å². The summed E-state index contributed by atoms with van der Waals surface area (Å²) in [6, 6.07) is 29.5. The quantitative estimate of drug-likeness (QED) is 0.0460. The number of benzene rings is 4. The second kappa shape index (κ2) is 17.8. The Kier molecular flexibility index (Phi) is 12.5. The molecule has 0 saturated heterocycles. The van der Waals surface area contributed by atoms with Gasteiger partial charge in [0.2, 0.25) is 0 Å². The van der Waals surface area contributed by atoms with Crippen LogP contribution in [0.5, 0.6) is 0 Å². The molecule has 0 heterocycles. The molecule has 0 aromatic heterocycles. The standard InChI is InChI=1S/C42H46N4O7/c43-23-11-9-21-37(45-41(49)51-25-35-31-17-5-1-13-27(31)28-14-2-6-18-32(28)35)39(47)53-40(48)38(22-10-12-24-44)46-42(50)52-26-36-33-19-7-3-15-29(33)30-16-4-8-20-34(30)36/h1-8,13-20,35-38H,9-12,21-26,43-44H2,(H,45,49)(H,46,50)/t37-,38-/m0/s1. The molecule has 0 aliphatic heterocycles. The lowest BCUT2D eigenvalue weighted by Gasteiger charge is -2.21. The summed E-state index contributed by atoms with van der Waals surface area (Å²) in [6.45, 7) is 0.880. The van der Waals surface area contributed by atoms with Crippen LogP contribution >= 0.6 is 0 Å². The number of rotatable bonds is 16. The summed E-state index contributed by atoms with van der Waals surface area (Å²) in [7, 11) is 0. The van der Waals surface area contributed by atoms with Gasteiger partial charge in [0.1, 0.15) is 25.3 Å². The highest BCUT2D eigenvalue weighted by molar-refractivity contribution is 5.93. The van der Waals surface area contributed by atoms with Crippen molar-refractivity contribution in [3.05, 3.63) is 119 Å². The molecule has 11 heteroatoms. The van der Waals surface area contributed by atoms with Crippen molar-refractivity contribution in [1.29, 1.82) is 0 Å². The van der Waals surface area contributed by atoms with Gasteiger partial charge in [-0.2, -0.15) is 0 Å². The van der Waals surface area contributed by atoms with Crippen LogP contribution in [0.25, 0.3) is 22.3 Å². The smallest absolute Gasteiger partial charge is 0.407 e. The molecule has 2 aliphatic carbocycles. The molecule has 53 heavy (non-hydrogen) atoms. The van der Waals surface area contributed by atoms with Crippen LogP contribution < -0.4 is 22.1 Å². The number of hydrogen-bond donors (Lipinski definition) is 4. The Labute approximate surface area is 309 Å². The van der Waals surface area contributed by atoms with Crippen LogP contribution in [0.2, 0.25) is 0 Å². The monoisotopic (exact) mass is 718 g/mol. The highest BCUT2D eigenvalue weighted by Gasteiger charge is 2.33. The fraction of sp³-hybridized carbons (Fsp3) is 0.333. The predicted molar refractivity (Wildman–Crippen MR) is 201 cm³/mol. The minimum atomic E-state index is -1.18. The number of hydrogen-bond acceptors (Lipinski definition) is 9. The van der Waals surface area contributed by atoms with E-state index in [1.807, 2.05) is 97.1 Å². The van der Waals surface area contributed by atoms with Crippen LogP contribution in [-0.2, 0) is 23.8 Å². The highest BCUT2D eigenvalue weighted by Crippen LogP contribution is 2.45. The zero-order chi connectivity index (χ0) is 37.2. The minimum Gasteiger partial charge on any atom is -0.449 e. The molecule has 11 nitrogen and oxygen atoms in total. The molecule has 6 N–H and O–H groups in total. The van der Waals surface area contributed by atoms with E-state index >= 15 is 0 Å². The molecule has 2 atom stereocenters. The van der Waals surface area contributed by atoms with Crippen molar-refractivity contribution in [3.8, 4) is 22.3 Å². The van der Waals surface area contributed by atoms with Crippen LogP contribution in [0.4, 0.5) is 9.59 Å². The van der Waals surface area contributed by atoms with Gasteiger partial charge in [0.15, 0.2) is 0 Å². The lowest BCUT2D eigenvalue weighted by molar-refractivity contribution is -0.162. The first kappa shape index (κ1) is 37.2. The maximum absolute atomic E-state index is 13.4. The molecule has 2 aliphatic rings. The van der Waals surface area contributed by atoms with Gasteiger partial charge in [-0.1, -0.05) is 97.1 Å². The number of nitrogens with one attached hydrogen (secondary N) is 2. The summed E-state index contributed by atoms with van der Waals surface area (Å²) in [5.74, 6) is -2.26. The lowest BCUT2D eigenvalue weighted by Crippen LogP contribution is -2.47. The third-order valence-electron chi connectivity index (χ3n) is 9.94. The SMILES string of the molecule is NCCCC[C@H](NC(=O)OCC1c2ccccc2-c2ccccc21)C(=O)OC(=O)[C@H](CCCCN)NC(=O)OCC1c2ccccc2-c2ccccc21. The zero-order valence-electron chi connectivity index (χ0n) is 29.6. The Morgan fingerprint density at radius 1 is 0.509 bits per heavy atom. The molecule has 6 rings (SSSR count). The van der Waals surface area contributed by atoms with Crippen molar-refractivity contribution in [1.82, 2.24) is 10.6 Å². The summed E-state index contributed by atoms with van der Waals surface area (Å²) < 4.78 is 16.6. The number of unbranched alkanes of at least 4 members (excludes halogenated alkanes) is 2. The highest BCUT2D eigenvalue weighted by atomic mass is 16.6. The Bertz CT molecular complexity index is 1700. The molecular weight excluding hydrogens is 672 g/mol. The number of carbonyl (C=O) groups excluding carboxylic acids is 4. The Morgan fingerprint density at radius 2 is 0.830 bits per heavy atom. The summed E-state index contributed by atoms with van der Waals surface area (Å²) in [5, 5.41) is 5.19. The first-order valence-electron chi connectivity index (χ1n) is 18.3. The molecular formula is C42H46N4O7. The normalized spacial score (nSPS) is 13.8. The second-order valence-electron chi connectivity index (χ2n) is 13.4. The lowest BCUT2D eigenvalue weighted by atomic mass is 9.98. The van der Waals surface area contributed by atoms with Crippen LogP contribution in [0.1, 0.15) is 72.6 Å². The Morgan fingerprint density at radius 3 is 1.15 bits per heavy atom. The van der Waals surface area contributed by atoms with E-state index in [-0.39, 0.29) is 37.9 Å². The van der Waals surface area contributed by atoms with Gasteiger partial charge in [-0.25, -0.2) is 19.2 Å². The first-order chi connectivity index (χ1) is 25.9. The van der Waals surface area contributed by atoms with E-state index in [1.54, 1.807) is 0 Å². The van der Waals surface area contributed by atoms with Crippen molar-refractivity contribution in [3.63, 3.8) is 0 Å². The van der Waals surface area contributed by atoms with Gasteiger partial charge in [-0.15, -0.1) is 0 Å². The summed E-state index contributed by atoms with van der Waals surface area (Å²) >= 11 is 0. The summed E-state index contributed by atoms with van der Waals surface area (Å²) in [4.78, 5) is 53.1. The van der Waals surface area contributed by atoms with E-state index < -0.39 is 36.2 Å². The number of fused-ring (bicyclic) bond motifs is 6. The van der Waals surface area contributed by atoms with Crippen LogP contribution in [-0.4, -0.2) is 62.5 Å². The number of esters is 2. The fourth-order valence-electron chi connectivity index (χ4n) is 7.29. The third kappa shape index (κ3) is 8.76. The van der Waals surface area contributed by atoms with Gasteiger partial charge in [0.05, 0.1) is 0 Å². The topological polar surface area (TPSA) is 172 Å². The Hall–Kier alpha value is -5.52. The average molecular weight is 719 g/mol. The van der Waals surface area contributed by atoms with Crippen molar-refractivity contribution in [2.45, 2.75) is 62.4 Å². The van der Waals surface area contributed by atoms with E-state index in [0.29, 0.717) is 38.8 Å². The van der Waals surface area contributed by atoms with E-state index in [2.05, 4.69) is 10.6 Å². The molecule has 0 radical (unpaired) electrons. The predicted octanol–water partition coefficient (Wildman–Crippen LogP) is 6.13. The molecule has 0 fully saturated rings. The van der Waals surface area contributed by atoms with Crippen molar-refractivity contribution < 1.29 is 33.4 Å². The minimum absolute atomic E-state index is 0.0522. The largest absolute Gasteiger partial charge is 0.449 e. The van der Waals surface area contributed by atoms with Crippen LogP contribution in [0, 0.1) is 0 Å². The third-order valence-corrected chi connectivity index (χ3v) is 9.94. The maximum Gasteiger partial charge on any atom is 0.407 e. The molecule has 0 saturated carbocycles. The number of ether oxygens (including phenoxy) is 3. The van der Waals surface area contributed by atoms with E-state index in [9.17, 15) is 19.2 Å². The van der Waals surface area contributed by atoms with E-state index in [1.165, 1.54) is 0 Å². The van der Waals surface area contributed by atoms with Gasteiger partial charge in [0, 0.05) is 11.8 Å². The summed E-state index contributed by atoms with van der Waals surface area (Å²) in [5.41, 5.74) is 19.9. The zero-order valence-corrected chi connectivity index (χ0v) is 29.6. The van der Waals surface area contributed by atoms with Gasteiger partial charge in [-0.3, -0.25) is 0 Å². The van der Waals surface area contributed by atoms with Gasteiger partial charge >= 0.3 is 24.1 Å². The number of amides is 2. The molecule has 2 amide bonds. The fourth-order valence-corrected chi connectivity index (χ4v) is 7.29. The first-order valence-corrected chi connectivity index (χ1v) is 18.3. The molecule has 4 aromatic rings. The molecule has 0 spiro atoms. The van der Waals surface area contributed by atoms with Crippen molar-refractivity contribution >= 4 is 24.1 Å². The maximum atomic E-state index is 13.4. The number of alkyl carbamates (subject to hydrolysis) is 2. The molecule has 0 bridgehead atoms. The molecule has 0 unspecified atom stereocenters. The van der Waals surface area contributed by atoms with Crippen molar-refractivity contribution in [2.24, 2.45) is 11.5 Å². The number of carbonyl (C=O) groups is 4. The van der Waals surface area contributed by atoms with Crippen LogP contribution in [0.15, 0.2) is 97.1 Å². The second-order valence-corrected chi connectivity index (χ2v) is 13.4. The Balaban J connectivity index is 1.07.